The fraction of sp³-hybridized carbons (Fsp3) is 0.417. The van der Waals surface area contributed by atoms with Crippen LogP contribution >= 0.6 is 11.3 Å². The molecule has 0 bridgehead atoms. The van der Waals surface area contributed by atoms with Gasteiger partial charge in [0.05, 0.1) is 11.6 Å². The van der Waals surface area contributed by atoms with E-state index in [0.29, 0.717) is 10.6 Å². The topological polar surface area (TPSA) is 63.0 Å². The number of carbonyl (C=O) groups excluding carboxylic acids is 1. The summed E-state index contributed by atoms with van der Waals surface area (Å²) in [6.07, 6.45) is 1.61. The number of rotatable bonds is 2. The molecule has 17 heavy (non-hydrogen) atoms. The van der Waals surface area contributed by atoms with E-state index < -0.39 is 11.4 Å². The average Bonchev–Trinajstić information content (AvgIpc) is 2.66. The lowest BCUT2D eigenvalue weighted by molar-refractivity contribution is -0.134. The fourth-order valence-corrected chi connectivity index (χ4v) is 1.86. The molecule has 4 nitrogen and oxygen atoms in total. The predicted molar refractivity (Wildman–Crippen MR) is 65.9 cm³/mol. The monoisotopic (exact) mass is 250 g/mol. The van der Waals surface area contributed by atoms with E-state index in [1.165, 1.54) is 18.3 Å². The highest BCUT2D eigenvalue weighted by molar-refractivity contribution is 7.10. The number of ether oxygens (including phenoxy) is 1. The van der Waals surface area contributed by atoms with Gasteiger partial charge in [0.2, 0.25) is 0 Å². The number of nitrogens with zero attached hydrogens (tertiary/aromatic N) is 2. The van der Waals surface area contributed by atoms with Crippen LogP contribution in [0.4, 0.5) is 0 Å². The van der Waals surface area contributed by atoms with E-state index in [-0.39, 0.29) is 5.76 Å². The quantitative estimate of drug-likeness (QED) is 0.460. The lowest BCUT2D eigenvalue weighted by Gasteiger charge is -2.19. The van der Waals surface area contributed by atoms with E-state index in [4.69, 9.17) is 4.74 Å². The summed E-state index contributed by atoms with van der Waals surface area (Å²) in [5.41, 5.74) is 0.0215. The number of esters is 1. The van der Waals surface area contributed by atoms with Gasteiger partial charge in [-0.05, 0) is 0 Å². The van der Waals surface area contributed by atoms with Crippen LogP contribution in [0.15, 0.2) is 17.2 Å². The fourth-order valence-electron chi connectivity index (χ4n) is 1.24. The highest BCUT2D eigenvalue weighted by atomic mass is 32.1. The van der Waals surface area contributed by atoms with Gasteiger partial charge in [0.25, 0.3) is 0 Å². The van der Waals surface area contributed by atoms with E-state index in [2.05, 4.69) is 11.1 Å². The maximum absolute atomic E-state index is 11.1. The van der Waals surface area contributed by atoms with Gasteiger partial charge >= 0.3 is 5.97 Å². The Morgan fingerprint density at radius 1 is 1.53 bits per heavy atom. The first-order valence-electron chi connectivity index (χ1n) is 5.09. The summed E-state index contributed by atoms with van der Waals surface area (Å²) in [7, 11) is 0. The molecule has 5 heteroatoms. The van der Waals surface area contributed by atoms with Crippen LogP contribution in [0.3, 0.4) is 0 Å². The standard InChI is InChI=1S/C12H14N2O2S/c1-8(15)16-10(11-14-5-6-17-11)9(7-13)12(2,3)4/h5-6H,1-4H3/b10-9+. The molecule has 1 aromatic heterocycles. The SMILES string of the molecule is CC(=O)O/C(=C(\C#N)C(C)(C)C)c1nccs1. The van der Waals surface area contributed by atoms with E-state index in [1.807, 2.05) is 20.8 Å². The normalized spacial score (nSPS) is 12.6. The van der Waals surface area contributed by atoms with Crippen LogP contribution in [0.5, 0.6) is 0 Å². The third kappa shape index (κ3) is 3.40. The molecule has 90 valence electrons. The Morgan fingerprint density at radius 2 is 2.18 bits per heavy atom. The average molecular weight is 250 g/mol. The second-order valence-corrected chi connectivity index (χ2v) is 5.39. The van der Waals surface area contributed by atoms with Crippen molar-refractivity contribution in [2.24, 2.45) is 5.41 Å². The molecule has 1 rings (SSSR count). The van der Waals surface area contributed by atoms with Gasteiger partial charge in [0.15, 0.2) is 10.8 Å². The second kappa shape index (κ2) is 5.11. The van der Waals surface area contributed by atoms with Crippen LogP contribution in [0, 0.1) is 16.7 Å². The van der Waals surface area contributed by atoms with Crippen molar-refractivity contribution in [2.45, 2.75) is 27.7 Å². The first-order valence-corrected chi connectivity index (χ1v) is 5.97. The number of carbonyl (C=O) groups is 1. The molecule has 0 radical (unpaired) electrons. The Labute approximate surface area is 105 Å². The van der Waals surface area contributed by atoms with E-state index in [9.17, 15) is 10.1 Å². The third-order valence-electron chi connectivity index (χ3n) is 1.96. The summed E-state index contributed by atoms with van der Waals surface area (Å²) in [6.45, 7) is 6.99. The van der Waals surface area contributed by atoms with E-state index in [1.54, 1.807) is 11.6 Å². The van der Waals surface area contributed by atoms with Gasteiger partial charge in [-0.2, -0.15) is 5.26 Å². The van der Waals surface area contributed by atoms with Crippen molar-refractivity contribution in [2.75, 3.05) is 0 Å². The molecule has 0 spiro atoms. The molecule has 1 heterocycles. The van der Waals surface area contributed by atoms with Crippen LogP contribution in [0.2, 0.25) is 0 Å². The first kappa shape index (κ1) is 13.4. The number of thiazole rings is 1. The summed E-state index contributed by atoms with van der Waals surface area (Å²) in [4.78, 5) is 15.2. The minimum absolute atomic E-state index is 0.266. The molecule has 0 aromatic carbocycles. The van der Waals surface area contributed by atoms with Crippen molar-refractivity contribution < 1.29 is 9.53 Å². The largest absolute Gasteiger partial charge is 0.422 e. The molecular formula is C12H14N2O2S. The van der Waals surface area contributed by atoms with Gasteiger partial charge < -0.3 is 4.74 Å². The van der Waals surface area contributed by atoms with Crippen LogP contribution in [-0.4, -0.2) is 11.0 Å². The van der Waals surface area contributed by atoms with Crippen molar-refractivity contribution in [1.29, 1.82) is 5.26 Å². The zero-order chi connectivity index (χ0) is 13.1. The Hall–Kier alpha value is -1.67. The van der Waals surface area contributed by atoms with Crippen molar-refractivity contribution >= 4 is 23.1 Å². The highest BCUT2D eigenvalue weighted by Crippen LogP contribution is 2.33. The third-order valence-corrected chi connectivity index (χ3v) is 2.73. The Balaban J connectivity index is 3.36. The van der Waals surface area contributed by atoms with Crippen molar-refractivity contribution in [3.63, 3.8) is 0 Å². The number of hydrogen-bond donors (Lipinski definition) is 0. The van der Waals surface area contributed by atoms with Gasteiger partial charge in [-0.1, -0.05) is 20.8 Å². The summed E-state index contributed by atoms with van der Waals surface area (Å²) in [6, 6.07) is 2.10. The zero-order valence-electron chi connectivity index (χ0n) is 10.3. The van der Waals surface area contributed by atoms with Crippen LogP contribution in [0.25, 0.3) is 5.76 Å². The molecule has 0 atom stereocenters. The molecular weight excluding hydrogens is 236 g/mol. The molecule has 1 aromatic rings. The smallest absolute Gasteiger partial charge is 0.308 e. The molecule has 0 saturated carbocycles. The maximum Gasteiger partial charge on any atom is 0.308 e. The number of nitriles is 1. The van der Waals surface area contributed by atoms with Crippen molar-refractivity contribution in [3.05, 3.63) is 22.2 Å². The highest BCUT2D eigenvalue weighted by Gasteiger charge is 2.25. The summed E-state index contributed by atoms with van der Waals surface area (Å²) < 4.78 is 5.14. The number of hydrogen-bond acceptors (Lipinski definition) is 5. The minimum atomic E-state index is -0.452. The molecule has 0 aliphatic rings. The van der Waals surface area contributed by atoms with Gasteiger partial charge in [-0.3, -0.25) is 4.79 Å². The molecule has 0 aliphatic carbocycles. The molecule has 0 saturated heterocycles. The van der Waals surface area contributed by atoms with Crippen LogP contribution in [0.1, 0.15) is 32.7 Å². The lowest BCUT2D eigenvalue weighted by Crippen LogP contribution is -2.13. The number of allylic oxidation sites excluding steroid dienone is 1. The summed E-state index contributed by atoms with van der Waals surface area (Å²) >= 11 is 1.34. The van der Waals surface area contributed by atoms with Gasteiger partial charge in [0.1, 0.15) is 0 Å². The van der Waals surface area contributed by atoms with E-state index in [0.717, 1.165) is 0 Å². The second-order valence-electron chi connectivity index (χ2n) is 4.50. The molecule has 0 amide bonds. The lowest BCUT2D eigenvalue weighted by atomic mass is 9.86. The molecule has 0 unspecified atom stereocenters. The number of aromatic nitrogens is 1. The first-order chi connectivity index (χ1) is 7.86. The predicted octanol–water partition coefficient (Wildman–Crippen LogP) is 2.99. The van der Waals surface area contributed by atoms with Crippen LogP contribution in [-0.2, 0) is 9.53 Å². The molecule has 0 N–H and O–H groups in total. The molecule has 0 fully saturated rings. The van der Waals surface area contributed by atoms with Gasteiger partial charge in [-0.15, -0.1) is 11.3 Å². The maximum atomic E-state index is 11.1. The Kier molecular flexibility index (Phi) is 4.02. The Morgan fingerprint density at radius 3 is 2.53 bits per heavy atom. The molecule has 0 aliphatic heterocycles. The van der Waals surface area contributed by atoms with Crippen molar-refractivity contribution in [3.8, 4) is 6.07 Å². The minimum Gasteiger partial charge on any atom is -0.422 e. The van der Waals surface area contributed by atoms with Gasteiger partial charge in [0, 0.05) is 23.9 Å². The Bertz CT molecular complexity index is 476. The summed E-state index contributed by atoms with van der Waals surface area (Å²) in [5.74, 6) is -0.185. The van der Waals surface area contributed by atoms with E-state index >= 15 is 0 Å². The van der Waals surface area contributed by atoms with Crippen molar-refractivity contribution in [1.82, 2.24) is 4.98 Å². The zero-order valence-corrected chi connectivity index (χ0v) is 11.1. The summed E-state index contributed by atoms with van der Waals surface area (Å²) in [5, 5.41) is 11.5. The van der Waals surface area contributed by atoms with Gasteiger partial charge in [-0.25, -0.2) is 4.98 Å². The van der Waals surface area contributed by atoms with Crippen LogP contribution < -0.4 is 0 Å².